The number of benzene rings is 3. The van der Waals surface area contributed by atoms with Gasteiger partial charge in [0.1, 0.15) is 12.1 Å². The van der Waals surface area contributed by atoms with Crippen molar-refractivity contribution in [1.29, 1.82) is 5.26 Å². The summed E-state index contributed by atoms with van der Waals surface area (Å²) in [5.41, 5.74) is 4.53. The van der Waals surface area contributed by atoms with Crippen molar-refractivity contribution in [2.45, 2.75) is 19.3 Å². The van der Waals surface area contributed by atoms with E-state index in [0.717, 1.165) is 39.1 Å². The average Bonchev–Trinajstić information content (AvgIpc) is 3.32. The molecule has 0 aliphatic heterocycles. The van der Waals surface area contributed by atoms with Crippen molar-refractivity contribution in [3.63, 3.8) is 0 Å². The van der Waals surface area contributed by atoms with Crippen LogP contribution < -0.4 is 4.90 Å². The summed E-state index contributed by atoms with van der Waals surface area (Å²) in [7, 11) is 1.99. The zero-order valence-electron chi connectivity index (χ0n) is 18.5. The number of hydrogen-bond acceptors (Lipinski definition) is 5. The van der Waals surface area contributed by atoms with E-state index in [1.165, 1.54) is 0 Å². The number of anilines is 2. The summed E-state index contributed by atoms with van der Waals surface area (Å²) in [4.78, 5) is 6.80. The highest BCUT2D eigenvalue weighted by Gasteiger charge is 2.19. The maximum absolute atomic E-state index is 9.40. The van der Waals surface area contributed by atoms with Crippen LogP contribution in [0.4, 0.5) is 11.5 Å². The Labute approximate surface area is 196 Å². The van der Waals surface area contributed by atoms with Crippen molar-refractivity contribution in [3.05, 3.63) is 83.6 Å². The third kappa shape index (κ3) is 3.67. The van der Waals surface area contributed by atoms with Crippen LogP contribution in [0.3, 0.4) is 0 Å². The molecule has 0 amide bonds. The van der Waals surface area contributed by atoms with E-state index < -0.39 is 5.41 Å². The lowest BCUT2D eigenvalue weighted by atomic mass is 9.85. The molecule has 0 saturated carbocycles. The summed E-state index contributed by atoms with van der Waals surface area (Å²) in [6, 6.07) is 24.5. The van der Waals surface area contributed by atoms with E-state index in [9.17, 15) is 5.26 Å². The van der Waals surface area contributed by atoms with Gasteiger partial charge < -0.3 is 4.90 Å². The van der Waals surface area contributed by atoms with Gasteiger partial charge in [0.2, 0.25) is 0 Å². The van der Waals surface area contributed by atoms with Gasteiger partial charge in [0.15, 0.2) is 0 Å². The molecule has 162 valence electrons. The quantitative estimate of drug-likeness (QED) is 0.326. The first-order valence-corrected chi connectivity index (χ1v) is 10.9. The molecule has 0 atom stereocenters. The number of aromatic nitrogens is 4. The van der Waals surface area contributed by atoms with Gasteiger partial charge in [0, 0.05) is 23.1 Å². The number of rotatable bonds is 4. The monoisotopic (exact) mass is 452 g/mol. The van der Waals surface area contributed by atoms with Gasteiger partial charge in [-0.1, -0.05) is 48.0 Å². The third-order valence-corrected chi connectivity index (χ3v) is 6.20. The van der Waals surface area contributed by atoms with Gasteiger partial charge >= 0.3 is 0 Å². The number of nitriles is 1. The van der Waals surface area contributed by atoms with Crippen LogP contribution in [-0.4, -0.2) is 26.6 Å². The fourth-order valence-corrected chi connectivity index (χ4v) is 4.11. The molecule has 0 radical (unpaired) electrons. The predicted molar refractivity (Wildman–Crippen MR) is 132 cm³/mol. The Morgan fingerprint density at radius 2 is 1.79 bits per heavy atom. The lowest BCUT2D eigenvalue weighted by molar-refractivity contribution is 0.687. The van der Waals surface area contributed by atoms with Crippen molar-refractivity contribution in [1.82, 2.24) is 19.6 Å². The Balaban J connectivity index is 1.57. The lowest BCUT2D eigenvalue weighted by Crippen LogP contribution is -2.13. The van der Waals surface area contributed by atoms with E-state index in [2.05, 4.69) is 40.5 Å². The van der Waals surface area contributed by atoms with Crippen LogP contribution in [0.2, 0.25) is 5.02 Å². The molecule has 6 nitrogen and oxygen atoms in total. The molecule has 0 bridgehead atoms. The number of hydrogen-bond donors (Lipinski definition) is 0. The molecule has 0 aliphatic rings. The van der Waals surface area contributed by atoms with E-state index in [0.29, 0.717) is 10.8 Å². The maximum Gasteiger partial charge on any atom is 0.257 e. The minimum atomic E-state index is -0.517. The zero-order chi connectivity index (χ0) is 23.2. The molecule has 0 aliphatic carbocycles. The molecule has 0 spiro atoms. The molecule has 3 aromatic carbocycles. The van der Waals surface area contributed by atoms with Crippen molar-refractivity contribution in [2.75, 3.05) is 11.9 Å². The van der Waals surface area contributed by atoms with Crippen LogP contribution in [0, 0.1) is 11.3 Å². The van der Waals surface area contributed by atoms with E-state index in [4.69, 9.17) is 16.6 Å². The molecular formula is C26H21ClN6. The van der Waals surface area contributed by atoms with E-state index in [1.54, 1.807) is 6.33 Å². The summed E-state index contributed by atoms with van der Waals surface area (Å²) in [5.74, 6) is 1.28. The molecule has 5 aromatic rings. The Bertz CT molecular complexity index is 1530. The van der Waals surface area contributed by atoms with Crippen molar-refractivity contribution in [3.8, 4) is 17.2 Å². The van der Waals surface area contributed by atoms with Crippen LogP contribution in [-0.2, 0) is 5.41 Å². The Kier molecular flexibility index (Phi) is 4.99. The smallest absolute Gasteiger partial charge is 0.257 e. The number of nitrogens with zero attached hydrogens (tertiary/aromatic N) is 6. The molecule has 0 unspecified atom stereocenters. The summed E-state index contributed by atoms with van der Waals surface area (Å²) in [6.45, 7) is 3.85. The molecule has 7 heteroatoms. The summed E-state index contributed by atoms with van der Waals surface area (Å²) >= 11 is 6.27. The summed E-state index contributed by atoms with van der Waals surface area (Å²) in [5, 5.41) is 19.1. The van der Waals surface area contributed by atoms with Crippen LogP contribution in [0.25, 0.3) is 27.8 Å². The van der Waals surface area contributed by atoms with Crippen LogP contribution >= 0.6 is 11.6 Å². The van der Waals surface area contributed by atoms with Gasteiger partial charge in [-0.05, 0) is 60.9 Å². The first-order chi connectivity index (χ1) is 15.9. The molecule has 0 N–H and O–H groups in total. The van der Waals surface area contributed by atoms with Gasteiger partial charge in [-0.3, -0.25) is 4.40 Å². The highest BCUT2D eigenvalue weighted by Crippen LogP contribution is 2.34. The van der Waals surface area contributed by atoms with Gasteiger partial charge in [0.25, 0.3) is 5.78 Å². The molecule has 33 heavy (non-hydrogen) atoms. The van der Waals surface area contributed by atoms with Gasteiger partial charge in [0.05, 0.1) is 17.0 Å². The Morgan fingerprint density at radius 3 is 2.55 bits per heavy atom. The zero-order valence-corrected chi connectivity index (χ0v) is 19.2. The second-order valence-electron chi connectivity index (χ2n) is 8.52. The fourth-order valence-electron chi connectivity index (χ4n) is 3.94. The first-order valence-electron chi connectivity index (χ1n) is 10.5. The minimum Gasteiger partial charge on any atom is -0.329 e. The second-order valence-corrected chi connectivity index (χ2v) is 8.96. The number of fused-ring (bicyclic) bond motifs is 3. The standard InChI is InChI=1S/C26H21ClN6/c1-26(2,15-28)19-9-7-17(8-10-19)18-5-4-6-21(13-18)32(3)24-22-12-11-20(27)14-23(22)33-16-29-31-25(33)30-24/h4-14,16H,1-3H3. The molecule has 0 saturated heterocycles. The van der Waals surface area contributed by atoms with Crippen molar-refractivity contribution >= 4 is 39.8 Å². The highest BCUT2D eigenvalue weighted by atomic mass is 35.5. The van der Waals surface area contributed by atoms with Crippen LogP contribution in [0.5, 0.6) is 0 Å². The van der Waals surface area contributed by atoms with Crippen molar-refractivity contribution in [2.24, 2.45) is 0 Å². The van der Waals surface area contributed by atoms with Gasteiger partial charge in [-0.15, -0.1) is 10.2 Å². The largest absolute Gasteiger partial charge is 0.329 e. The van der Waals surface area contributed by atoms with Crippen LogP contribution in [0.15, 0.2) is 73.1 Å². The Hall–Kier alpha value is -3.95. The second kappa shape index (κ2) is 7.88. The third-order valence-electron chi connectivity index (χ3n) is 5.97. The summed E-state index contributed by atoms with van der Waals surface area (Å²) in [6.07, 6.45) is 1.64. The number of halogens is 1. The van der Waals surface area contributed by atoms with Crippen molar-refractivity contribution < 1.29 is 0 Å². The highest BCUT2D eigenvalue weighted by molar-refractivity contribution is 6.31. The average molecular weight is 453 g/mol. The molecule has 5 rings (SSSR count). The molecule has 0 fully saturated rings. The van der Waals surface area contributed by atoms with E-state index in [-0.39, 0.29) is 0 Å². The predicted octanol–water partition coefficient (Wildman–Crippen LogP) is 6.17. The molecule has 2 aromatic heterocycles. The summed E-state index contributed by atoms with van der Waals surface area (Å²) < 4.78 is 1.83. The lowest BCUT2D eigenvalue weighted by Gasteiger charge is -2.21. The van der Waals surface area contributed by atoms with Crippen LogP contribution in [0.1, 0.15) is 19.4 Å². The topological polar surface area (TPSA) is 70.1 Å². The molecular weight excluding hydrogens is 432 g/mol. The maximum atomic E-state index is 9.40. The Morgan fingerprint density at radius 1 is 1.00 bits per heavy atom. The SMILES string of the molecule is CN(c1cccc(-c2ccc(C(C)(C)C#N)cc2)c1)c1nc2nncn2c2cc(Cl)ccc12. The minimum absolute atomic E-state index is 0.512. The van der Waals surface area contributed by atoms with Gasteiger partial charge in [-0.2, -0.15) is 10.2 Å². The molecule has 2 heterocycles. The first kappa shape index (κ1) is 20.9. The van der Waals surface area contributed by atoms with E-state index in [1.807, 2.05) is 72.7 Å². The van der Waals surface area contributed by atoms with E-state index >= 15 is 0 Å². The van der Waals surface area contributed by atoms with Gasteiger partial charge in [-0.25, -0.2) is 0 Å². The fraction of sp³-hybridized carbons (Fsp3) is 0.154. The normalized spacial score (nSPS) is 11.6.